The summed E-state index contributed by atoms with van der Waals surface area (Å²) in [6.07, 6.45) is 3.63. The van der Waals surface area contributed by atoms with Crippen LogP contribution in [0.1, 0.15) is 30.8 Å². The highest BCUT2D eigenvalue weighted by Crippen LogP contribution is 2.23. The van der Waals surface area contributed by atoms with Gasteiger partial charge < -0.3 is 14.5 Å². The van der Waals surface area contributed by atoms with Gasteiger partial charge in [0, 0.05) is 13.2 Å². The largest absolute Gasteiger partial charge is 0.464 e. The lowest BCUT2D eigenvalue weighted by Crippen LogP contribution is -2.36. The zero-order valence-electron chi connectivity index (χ0n) is 10.9. The second kappa shape index (κ2) is 7.26. The van der Waals surface area contributed by atoms with Crippen molar-refractivity contribution in [2.75, 3.05) is 7.11 Å². The van der Waals surface area contributed by atoms with Crippen LogP contribution in [0.4, 0.5) is 8.78 Å². The van der Waals surface area contributed by atoms with Gasteiger partial charge in [0.1, 0.15) is 11.5 Å². The zero-order chi connectivity index (χ0) is 13.7. The predicted octanol–water partition coefficient (Wildman–Crippen LogP) is 3.39. The van der Waals surface area contributed by atoms with E-state index in [9.17, 15) is 8.78 Å². The Bertz CT molecular complexity index is 386. The highest BCUT2D eigenvalue weighted by atomic mass is 32.2. The maximum absolute atomic E-state index is 12.1. The number of hydrogen-bond donors (Lipinski definition) is 1. The van der Waals surface area contributed by atoms with Crippen molar-refractivity contribution >= 4 is 11.8 Å². The Hall–Kier alpha value is -0.590. The smallest absolute Gasteiger partial charge is 0.284 e. The first-order valence-corrected chi connectivity index (χ1v) is 7.47. The van der Waals surface area contributed by atoms with Crippen molar-refractivity contribution in [3.05, 3.63) is 23.7 Å². The Morgan fingerprint density at radius 2 is 2.21 bits per heavy atom. The predicted molar refractivity (Wildman–Crippen MR) is 71.3 cm³/mol. The first-order valence-electron chi connectivity index (χ1n) is 6.42. The molecule has 0 aromatic carbocycles. The Morgan fingerprint density at radius 3 is 2.95 bits per heavy atom. The first kappa shape index (κ1) is 14.8. The van der Waals surface area contributed by atoms with Crippen LogP contribution in [0.25, 0.3) is 0 Å². The number of methoxy groups -OCH3 is 1. The molecule has 2 rings (SSSR count). The molecule has 0 radical (unpaired) electrons. The van der Waals surface area contributed by atoms with E-state index in [1.54, 1.807) is 13.2 Å². The van der Waals surface area contributed by atoms with Crippen molar-refractivity contribution in [2.45, 2.75) is 49.5 Å². The summed E-state index contributed by atoms with van der Waals surface area (Å²) in [6.45, 7) is 0.615. The van der Waals surface area contributed by atoms with Crippen molar-refractivity contribution in [3.63, 3.8) is 0 Å². The van der Waals surface area contributed by atoms with Crippen LogP contribution in [0.3, 0.4) is 0 Å². The molecule has 2 unspecified atom stereocenters. The lowest BCUT2D eigenvalue weighted by Gasteiger charge is -2.18. The molecule has 0 saturated heterocycles. The molecule has 0 aliphatic heterocycles. The highest BCUT2D eigenvalue weighted by Gasteiger charge is 2.26. The molecular formula is C13H19F2NO2S. The van der Waals surface area contributed by atoms with Crippen molar-refractivity contribution < 1.29 is 17.9 Å². The number of alkyl halides is 2. The van der Waals surface area contributed by atoms with Crippen molar-refractivity contribution in [2.24, 2.45) is 0 Å². The van der Waals surface area contributed by atoms with Crippen molar-refractivity contribution in [1.82, 2.24) is 5.32 Å². The standard InChI is InChI=1S/C13H19F2NO2S/c1-17-12-4-2-3-11(12)16-7-9-5-6-10(18-9)8-19-13(14)15/h5-6,11-13,16H,2-4,7-8H2,1H3. The third kappa shape index (κ3) is 4.47. The van der Waals surface area contributed by atoms with Gasteiger partial charge in [0.25, 0.3) is 5.76 Å². The van der Waals surface area contributed by atoms with Gasteiger partial charge in [-0.05, 0) is 31.4 Å². The van der Waals surface area contributed by atoms with Gasteiger partial charge in [-0.25, -0.2) is 0 Å². The van der Waals surface area contributed by atoms with Crippen molar-refractivity contribution in [3.8, 4) is 0 Å². The van der Waals surface area contributed by atoms with Gasteiger partial charge in [-0.2, -0.15) is 8.78 Å². The minimum Gasteiger partial charge on any atom is -0.464 e. The van der Waals surface area contributed by atoms with E-state index in [0.717, 1.165) is 18.6 Å². The van der Waals surface area contributed by atoms with Crippen LogP contribution in [0.2, 0.25) is 0 Å². The normalized spacial score (nSPS) is 23.4. The van der Waals surface area contributed by atoms with Crippen LogP contribution in [0, 0.1) is 0 Å². The van der Waals surface area contributed by atoms with Crippen LogP contribution in [0.5, 0.6) is 0 Å². The summed E-state index contributed by atoms with van der Waals surface area (Å²) < 4.78 is 35.0. The van der Waals surface area contributed by atoms with E-state index in [4.69, 9.17) is 9.15 Å². The van der Waals surface area contributed by atoms with Crippen LogP contribution in [-0.4, -0.2) is 25.0 Å². The molecule has 2 atom stereocenters. The molecule has 0 bridgehead atoms. The summed E-state index contributed by atoms with van der Waals surface area (Å²) in [7, 11) is 1.73. The van der Waals surface area contributed by atoms with Gasteiger partial charge in [0.15, 0.2) is 0 Å². The maximum Gasteiger partial charge on any atom is 0.284 e. The van der Waals surface area contributed by atoms with Gasteiger partial charge in [0.2, 0.25) is 0 Å². The summed E-state index contributed by atoms with van der Waals surface area (Å²) in [5.41, 5.74) is 0. The molecule has 108 valence electrons. The molecular weight excluding hydrogens is 272 g/mol. The minimum atomic E-state index is -2.35. The highest BCUT2D eigenvalue weighted by molar-refractivity contribution is 7.98. The van der Waals surface area contributed by atoms with Crippen molar-refractivity contribution in [1.29, 1.82) is 0 Å². The van der Waals surface area contributed by atoms with Gasteiger partial charge in [0.05, 0.1) is 18.4 Å². The maximum atomic E-state index is 12.1. The molecule has 19 heavy (non-hydrogen) atoms. The fourth-order valence-corrected chi connectivity index (χ4v) is 2.86. The van der Waals surface area contributed by atoms with E-state index in [2.05, 4.69) is 5.32 Å². The fraction of sp³-hybridized carbons (Fsp3) is 0.692. The third-order valence-corrected chi connectivity index (χ3v) is 4.07. The van der Waals surface area contributed by atoms with E-state index in [-0.39, 0.29) is 11.9 Å². The summed E-state index contributed by atoms with van der Waals surface area (Å²) in [6, 6.07) is 3.95. The molecule has 0 spiro atoms. The lowest BCUT2D eigenvalue weighted by atomic mass is 10.2. The van der Waals surface area contributed by atoms with Gasteiger partial charge >= 0.3 is 0 Å². The molecule has 6 heteroatoms. The average Bonchev–Trinajstić information content (AvgIpc) is 3.02. The quantitative estimate of drug-likeness (QED) is 0.835. The van der Waals surface area contributed by atoms with E-state index in [1.807, 2.05) is 6.07 Å². The number of halogens is 2. The number of hydrogen-bond acceptors (Lipinski definition) is 4. The molecule has 1 aliphatic carbocycles. The Balaban J connectivity index is 1.76. The number of rotatable bonds is 7. The fourth-order valence-electron chi connectivity index (χ4n) is 2.41. The monoisotopic (exact) mass is 291 g/mol. The Morgan fingerprint density at radius 1 is 1.42 bits per heavy atom. The summed E-state index contributed by atoms with van der Waals surface area (Å²) in [5.74, 6) is -0.766. The second-order valence-electron chi connectivity index (χ2n) is 4.63. The topological polar surface area (TPSA) is 34.4 Å². The van der Waals surface area contributed by atoms with E-state index in [0.29, 0.717) is 30.1 Å². The van der Waals surface area contributed by atoms with E-state index >= 15 is 0 Å². The van der Waals surface area contributed by atoms with E-state index in [1.165, 1.54) is 6.42 Å². The number of ether oxygens (including phenoxy) is 1. The summed E-state index contributed by atoms with van der Waals surface area (Å²) in [5, 5.41) is 3.40. The van der Waals surface area contributed by atoms with Gasteiger partial charge in [-0.15, -0.1) is 0 Å². The van der Waals surface area contributed by atoms with E-state index < -0.39 is 5.76 Å². The van der Waals surface area contributed by atoms with Crippen LogP contribution in [-0.2, 0) is 17.0 Å². The molecule has 1 aliphatic rings. The lowest BCUT2D eigenvalue weighted by molar-refractivity contribution is 0.0841. The molecule has 1 heterocycles. The van der Waals surface area contributed by atoms with Gasteiger partial charge in [-0.3, -0.25) is 0 Å². The number of nitrogens with one attached hydrogen (secondary N) is 1. The number of furan rings is 1. The average molecular weight is 291 g/mol. The molecule has 1 saturated carbocycles. The Labute approximate surface area is 116 Å². The van der Waals surface area contributed by atoms with Crippen LogP contribution < -0.4 is 5.32 Å². The Kier molecular flexibility index (Phi) is 5.66. The molecule has 0 amide bonds. The van der Waals surface area contributed by atoms with Gasteiger partial charge in [-0.1, -0.05) is 11.8 Å². The molecule has 1 aromatic heterocycles. The summed E-state index contributed by atoms with van der Waals surface area (Å²) >= 11 is 0.578. The number of thioether (sulfide) groups is 1. The van der Waals surface area contributed by atoms with Crippen LogP contribution in [0.15, 0.2) is 16.5 Å². The summed E-state index contributed by atoms with van der Waals surface area (Å²) in [4.78, 5) is 0. The molecule has 3 nitrogen and oxygen atoms in total. The SMILES string of the molecule is COC1CCCC1NCc1ccc(CSC(F)F)o1. The molecule has 1 aromatic rings. The third-order valence-electron chi connectivity index (χ3n) is 3.36. The minimum absolute atomic E-state index is 0.210. The molecule has 1 fully saturated rings. The molecule has 1 N–H and O–H groups in total. The second-order valence-corrected chi connectivity index (χ2v) is 5.61. The van der Waals surface area contributed by atoms with Crippen LogP contribution >= 0.6 is 11.8 Å². The first-order chi connectivity index (χ1) is 9.19. The zero-order valence-corrected chi connectivity index (χ0v) is 11.7.